The van der Waals surface area contributed by atoms with Gasteiger partial charge in [-0.15, -0.1) is 0 Å². The first kappa shape index (κ1) is 36.5. The van der Waals surface area contributed by atoms with Crippen LogP contribution in [0.2, 0.25) is 0 Å². The lowest BCUT2D eigenvalue weighted by molar-refractivity contribution is -0.132. The first-order chi connectivity index (χ1) is 21.4. The average Bonchev–Trinajstić information content (AvgIpc) is 3.46. The summed E-state index contributed by atoms with van der Waals surface area (Å²) in [6.45, 7) is 14.4. The molecular weight excluding hydrogens is 592 g/mol. The first-order valence-electron chi connectivity index (χ1n) is 15.6. The normalized spacial score (nSPS) is 15.6. The van der Waals surface area contributed by atoms with Gasteiger partial charge >= 0.3 is 0 Å². The number of hydrogen-bond donors (Lipinski definition) is 4. The highest BCUT2D eigenvalue weighted by Gasteiger charge is 2.35. The third-order valence-corrected chi connectivity index (χ3v) is 9.38. The van der Waals surface area contributed by atoms with Crippen LogP contribution in [0, 0.1) is 11.3 Å². The fourth-order valence-electron chi connectivity index (χ4n) is 5.10. The van der Waals surface area contributed by atoms with Crippen molar-refractivity contribution in [3.05, 3.63) is 54.1 Å². The van der Waals surface area contributed by atoms with E-state index < -0.39 is 34.3 Å². The molecule has 0 spiro atoms. The summed E-state index contributed by atoms with van der Waals surface area (Å²) in [7, 11) is 1.15. The van der Waals surface area contributed by atoms with Crippen molar-refractivity contribution >= 4 is 27.9 Å². The second-order valence-electron chi connectivity index (χ2n) is 12.7. The molecule has 0 fully saturated rings. The molecule has 4 N–H and O–H groups in total. The SMILES string of the molecule is C/C=S(\c1ccc2c(c1)OCO2)N(CC(C)C)C[C@@H](O)[C@H](Cc1ccccc1)NC(=O)[C@@H](NC(=O)CNCCOC)C(C)(C)C. The summed E-state index contributed by atoms with van der Waals surface area (Å²) < 4.78 is 18.5. The number of aliphatic hydroxyl groups is 1. The molecule has 0 aromatic heterocycles. The number of nitrogens with one attached hydrogen (secondary N) is 3. The molecule has 0 bridgehead atoms. The summed E-state index contributed by atoms with van der Waals surface area (Å²) in [6.07, 6.45) is -0.468. The van der Waals surface area contributed by atoms with Crippen molar-refractivity contribution in [1.29, 1.82) is 0 Å². The number of fused-ring (bicyclic) bond motifs is 1. The number of nitrogens with zero attached hydrogens (tertiary/aromatic N) is 1. The molecule has 0 radical (unpaired) electrons. The third-order valence-electron chi connectivity index (χ3n) is 7.34. The Kier molecular flexibility index (Phi) is 14.3. The standard InChI is InChI=1S/C34H52N4O6S/c1-8-45(26-14-15-29-30(19-26)44-23-43-29)38(21-24(2)3)22-28(39)27(18-25-12-10-9-11-13-25)36-33(41)32(34(4,5)6)37-31(40)20-35-16-17-42-7/h8-15,19,24,27-28,32,35,39H,16-18,20-23H2,1-7H3,(H,36,41)(H,37,40)/t27-,28+,32+,45?/m0/s1. The molecule has 4 atom stereocenters. The Hall–Kier alpha value is -2.96. The maximum Gasteiger partial charge on any atom is 0.243 e. The molecule has 45 heavy (non-hydrogen) atoms. The van der Waals surface area contributed by atoms with E-state index in [9.17, 15) is 14.7 Å². The second kappa shape index (κ2) is 17.7. The zero-order valence-corrected chi connectivity index (χ0v) is 28.6. The molecule has 2 aromatic rings. The van der Waals surface area contributed by atoms with Gasteiger partial charge in [0, 0.05) is 31.6 Å². The Labute approximate surface area is 271 Å². The summed E-state index contributed by atoms with van der Waals surface area (Å²) in [6, 6.07) is 14.4. The van der Waals surface area contributed by atoms with Gasteiger partial charge in [0.15, 0.2) is 11.5 Å². The number of ether oxygens (including phenoxy) is 3. The van der Waals surface area contributed by atoms with Gasteiger partial charge in [0.05, 0.1) is 25.3 Å². The molecule has 1 aliphatic heterocycles. The Bertz CT molecular complexity index is 1270. The van der Waals surface area contributed by atoms with Crippen LogP contribution in [0.1, 0.15) is 47.1 Å². The van der Waals surface area contributed by atoms with E-state index in [1.54, 1.807) is 7.11 Å². The fraction of sp³-hybridized carbons (Fsp3) is 0.559. The van der Waals surface area contributed by atoms with E-state index in [2.05, 4.69) is 39.5 Å². The van der Waals surface area contributed by atoms with Gasteiger partial charge in [-0.1, -0.05) is 75.6 Å². The monoisotopic (exact) mass is 644 g/mol. The fourth-order valence-corrected chi connectivity index (χ4v) is 7.18. The molecule has 1 unspecified atom stereocenters. The van der Waals surface area contributed by atoms with Crippen LogP contribution in [0.5, 0.6) is 11.5 Å². The second-order valence-corrected chi connectivity index (χ2v) is 14.8. The van der Waals surface area contributed by atoms with E-state index in [0.717, 1.165) is 28.5 Å². The lowest BCUT2D eigenvalue weighted by atomic mass is 9.85. The summed E-state index contributed by atoms with van der Waals surface area (Å²) >= 11 is 0. The maximum absolute atomic E-state index is 13.9. The van der Waals surface area contributed by atoms with Gasteiger partial charge in [0.25, 0.3) is 0 Å². The van der Waals surface area contributed by atoms with Crippen molar-refractivity contribution in [1.82, 2.24) is 20.3 Å². The van der Waals surface area contributed by atoms with Crippen molar-refractivity contribution < 1.29 is 28.9 Å². The highest BCUT2D eigenvalue weighted by atomic mass is 32.2. The topological polar surface area (TPSA) is 121 Å². The number of benzene rings is 2. The largest absolute Gasteiger partial charge is 0.454 e. The number of aliphatic hydroxyl groups excluding tert-OH is 1. The van der Waals surface area contributed by atoms with Crippen molar-refractivity contribution in [3.63, 3.8) is 0 Å². The number of methoxy groups -OCH3 is 1. The predicted molar refractivity (Wildman–Crippen MR) is 181 cm³/mol. The number of hydrogen-bond acceptors (Lipinski definition) is 8. The number of amides is 2. The molecule has 0 saturated carbocycles. The van der Waals surface area contributed by atoms with Gasteiger partial charge in [0.2, 0.25) is 18.6 Å². The quantitative estimate of drug-likeness (QED) is 0.152. The van der Waals surface area contributed by atoms with Crippen molar-refractivity contribution in [2.45, 2.75) is 71.0 Å². The van der Waals surface area contributed by atoms with E-state index in [1.807, 2.05) is 76.2 Å². The minimum Gasteiger partial charge on any atom is -0.454 e. The Morgan fingerprint density at radius 2 is 1.78 bits per heavy atom. The highest BCUT2D eigenvalue weighted by Crippen LogP contribution is 2.40. The van der Waals surface area contributed by atoms with Gasteiger partial charge in [0.1, 0.15) is 6.04 Å². The van der Waals surface area contributed by atoms with E-state index in [0.29, 0.717) is 32.0 Å². The molecule has 2 aromatic carbocycles. The van der Waals surface area contributed by atoms with E-state index in [1.165, 1.54) is 0 Å². The summed E-state index contributed by atoms with van der Waals surface area (Å²) in [5.74, 6) is 1.16. The third kappa shape index (κ3) is 11.4. The number of carbonyl (C=O) groups excluding carboxylic acids is 2. The first-order valence-corrected chi connectivity index (χ1v) is 16.9. The Morgan fingerprint density at radius 3 is 2.42 bits per heavy atom. The summed E-state index contributed by atoms with van der Waals surface area (Å²) in [5, 5.41) is 23.1. The molecular formula is C34H52N4O6S. The smallest absolute Gasteiger partial charge is 0.243 e. The molecule has 10 nitrogen and oxygen atoms in total. The highest BCUT2D eigenvalue weighted by molar-refractivity contribution is 8.13. The molecule has 250 valence electrons. The van der Waals surface area contributed by atoms with Gasteiger partial charge in [-0.25, -0.2) is 4.31 Å². The summed E-state index contributed by atoms with van der Waals surface area (Å²) in [5.41, 5.74) is 0.425. The molecule has 1 aliphatic rings. The number of carbonyl (C=O) groups is 2. The molecule has 2 amide bonds. The van der Waals surface area contributed by atoms with Crippen LogP contribution in [-0.4, -0.2) is 91.5 Å². The van der Waals surface area contributed by atoms with Gasteiger partial charge < -0.3 is 35.3 Å². The average molecular weight is 645 g/mol. The Morgan fingerprint density at radius 1 is 1.07 bits per heavy atom. The van der Waals surface area contributed by atoms with Crippen LogP contribution < -0.4 is 25.4 Å². The minimum atomic E-state index is -0.899. The van der Waals surface area contributed by atoms with Crippen LogP contribution in [0.4, 0.5) is 0 Å². The number of rotatable bonds is 17. The zero-order valence-electron chi connectivity index (χ0n) is 27.8. The van der Waals surface area contributed by atoms with E-state index in [4.69, 9.17) is 14.2 Å². The maximum atomic E-state index is 13.9. The van der Waals surface area contributed by atoms with E-state index in [-0.39, 0.29) is 25.2 Å². The molecule has 3 rings (SSSR count). The summed E-state index contributed by atoms with van der Waals surface area (Å²) in [4.78, 5) is 27.7. The van der Waals surface area contributed by atoms with Crippen LogP contribution in [-0.2, 0) is 20.7 Å². The lowest BCUT2D eigenvalue weighted by Gasteiger charge is -2.35. The van der Waals surface area contributed by atoms with Crippen molar-refractivity contribution in [2.24, 2.45) is 11.3 Å². The minimum absolute atomic E-state index is 0.0686. The van der Waals surface area contributed by atoms with Gasteiger partial charge in [-0.2, -0.15) is 0 Å². The molecule has 11 heteroatoms. The van der Waals surface area contributed by atoms with Crippen LogP contribution in [0.25, 0.3) is 0 Å². The molecule has 0 aliphatic carbocycles. The van der Waals surface area contributed by atoms with Gasteiger partial charge in [-0.3, -0.25) is 9.59 Å². The van der Waals surface area contributed by atoms with Gasteiger partial charge in [-0.05, 0) is 53.8 Å². The van der Waals surface area contributed by atoms with Crippen LogP contribution >= 0.6 is 10.7 Å². The molecule has 1 heterocycles. The molecule has 0 saturated heterocycles. The predicted octanol–water partition coefficient (Wildman–Crippen LogP) is 3.59. The van der Waals surface area contributed by atoms with Crippen LogP contribution in [0.3, 0.4) is 0 Å². The lowest BCUT2D eigenvalue weighted by Crippen LogP contribution is -2.59. The Balaban J connectivity index is 1.84. The van der Waals surface area contributed by atoms with Crippen LogP contribution in [0.15, 0.2) is 53.4 Å². The van der Waals surface area contributed by atoms with Crippen molar-refractivity contribution in [3.8, 4) is 11.5 Å². The van der Waals surface area contributed by atoms with Crippen molar-refractivity contribution in [2.75, 3.05) is 46.7 Å². The zero-order chi connectivity index (χ0) is 33.0. The van der Waals surface area contributed by atoms with E-state index >= 15 is 0 Å².